The summed E-state index contributed by atoms with van der Waals surface area (Å²) in [5.41, 5.74) is -0.189. The lowest BCUT2D eigenvalue weighted by Crippen LogP contribution is -2.38. The van der Waals surface area contributed by atoms with Crippen LogP contribution in [-0.2, 0) is 6.54 Å². The van der Waals surface area contributed by atoms with Crippen molar-refractivity contribution in [3.05, 3.63) is 28.0 Å². The van der Waals surface area contributed by atoms with Crippen molar-refractivity contribution >= 4 is 16.3 Å². The van der Waals surface area contributed by atoms with E-state index in [2.05, 4.69) is 0 Å². The summed E-state index contributed by atoms with van der Waals surface area (Å²) in [7, 11) is 0. The Bertz CT molecular complexity index is 515. The van der Waals surface area contributed by atoms with Crippen molar-refractivity contribution in [2.75, 3.05) is 0 Å². The largest absolute Gasteiger partial charge is 0.478 e. The van der Waals surface area contributed by atoms with Gasteiger partial charge >= 0.3 is 10.5 Å². The average Bonchev–Trinajstić information content (AvgIpc) is 2.60. The number of rotatable bonds is 2. The molecule has 0 aliphatic heterocycles. The minimum atomic E-state index is -0.189. The van der Waals surface area contributed by atoms with Crippen molar-refractivity contribution in [2.45, 2.75) is 19.9 Å². The summed E-state index contributed by atoms with van der Waals surface area (Å²) in [5, 5.41) is 11.4. The number of thiazole rings is 1. The van der Waals surface area contributed by atoms with E-state index >= 15 is 0 Å². The number of aromatic hydroxyl groups is 1. The van der Waals surface area contributed by atoms with Crippen LogP contribution in [0.4, 0.5) is 0 Å². The van der Waals surface area contributed by atoms with Crippen LogP contribution in [-0.4, -0.2) is 9.51 Å². The molecule has 2 aromatic rings. The number of hydrogen-bond acceptors (Lipinski definition) is 3. The van der Waals surface area contributed by atoms with Crippen molar-refractivity contribution in [3.63, 3.8) is 0 Å². The summed E-state index contributed by atoms with van der Waals surface area (Å²) in [5.74, 6) is 0.0410. The first kappa shape index (κ1) is 9.21. The molecule has 74 valence electrons. The molecule has 0 unspecified atom stereocenters. The van der Waals surface area contributed by atoms with Gasteiger partial charge in [-0.15, -0.1) is 0 Å². The Morgan fingerprint density at radius 1 is 1.64 bits per heavy atom. The molecule has 2 rings (SSSR count). The molecule has 4 nitrogen and oxygen atoms in total. The minimum absolute atomic E-state index is 0.0410. The van der Waals surface area contributed by atoms with E-state index in [1.54, 1.807) is 15.2 Å². The minimum Gasteiger partial charge on any atom is -0.478 e. The van der Waals surface area contributed by atoms with E-state index in [-0.39, 0.29) is 11.4 Å². The van der Waals surface area contributed by atoms with Gasteiger partial charge < -0.3 is 5.11 Å². The molecular weight excluding hydrogens is 200 g/mol. The lowest BCUT2D eigenvalue weighted by molar-refractivity contribution is -0.678. The van der Waals surface area contributed by atoms with Crippen molar-refractivity contribution in [1.29, 1.82) is 0 Å². The van der Waals surface area contributed by atoms with Crippen LogP contribution in [0.5, 0.6) is 5.88 Å². The Balaban J connectivity index is 2.79. The molecule has 2 aromatic heterocycles. The Labute approximate surface area is 84.7 Å². The van der Waals surface area contributed by atoms with E-state index in [4.69, 9.17) is 0 Å². The third-order valence-electron chi connectivity index (χ3n) is 2.03. The van der Waals surface area contributed by atoms with Gasteiger partial charge in [-0.3, -0.25) is 0 Å². The lowest BCUT2D eigenvalue weighted by Gasteiger charge is -1.99. The molecule has 0 fully saturated rings. The van der Waals surface area contributed by atoms with Gasteiger partial charge in [-0.25, -0.2) is 4.79 Å². The molecule has 0 bridgehead atoms. The van der Waals surface area contributed by atoms with Crippen LogP contribution in [0.25, 0.3) is 4.96 Å². The van der Waals surface area contributed by atoms with Gasteiger partial charge in [0.1, 0.15) is 12.3 Å². The molecule has 0 aliphatic carbocycles. The summed E-state index contributed by atoms with van der Waals surface area (Å²) in [6.07, 6.45) is 2.64. The van der Waals surface area contributed by atoms with Crippen LogP contribution in [0.1, 0.15) is 13.3 Å². The highest BCUT2D eigenvalue weighted by atomic mass is 32.1. The Kier molecular flexibility index (Phi) is 2.25. The van der Waals surface area contributed by atoms with Crippen LogP contribution in [0.3, 0.4) is 0 Å². The molecule has 0 spiro atoms. The van der Waals surface area contributed by atoms with Crippen molar-refractivity contribution in [1.82, 2.24) is 4.40 Å². The van der Waals surface area contributed by atoms with Crippen LogP contribution in [0, 0.1) is 0 Å². The highest BCUT2D eigenvalue weighted by Gasteiger charge is 2.16. The fraction of sp³-hybridized carbons (Fsp3) is 0.333. The normalized spacial score (nSPS) is 10.9. The van der Waals surface area contributed by atoms with E-state index in [0.717, 1.165) is 17.9 Å². The fourth-order valence-electron chi connectivity index (χ4n) is 1.42. The third kappa shape index (κ3) is 1.29. The maximum absolute atomic E-state index is 11.4. The molecule has 1 N–H and O–H groups in total. The maximum Gasteiger partial charge on any atom is 0.351 e. The summed E-state index contributed by atoms with van der Waals surface area (Å²) >= 11 is 1.45. The van der Waals surface area contributed by atoms with Gasteiger partial charge in [0.25, 0.3) is 5.88 Å². The van der Waals surface area contributed by atoms with Crippen LogP contribution < -0.4 is 10.1 Å². The first-order chi connectivity index (χ1) is 6.74. The molecule has 0 radical (unpaired) electrons. The number of hydrogen-bond donors (Lipinski definition) is 1. The zero-order valence-corrected chi connectivity index (χ0v) is 8.62. The maximum atomic E-state index is 11.4. The molecule has 5 heteroatoms. The summed E-state index contributed by atoms with van der Waals surface area (Å²) in [6.45, 7) is 2.75. The van der Waals surface area contributed by atoms with Gasteiger partial charge in [0.2, 0.25) is 0 Å². The fourth-order valence-corrected chi connectivity index (χ4v) is 2.30. The van der Waals surface area contributed by atoms with Gasteiger partial charge in [-0.05, 0) is 6.42 Å². The van der Waals surface area contributed by atoms with Gasteiger partial charge in [0.15, 0.2) is 0 Å². The van der Waals surface area contributed by atoms with Gasteiger partial charge in [-0.1, -0.05) is 18.3 Å². The van der Waals surface area contributed by atoms with Crippen LogP contribution in [0.2, 0.25) is 0 Å². The number of aromatic nitrogens is 2. The van der Waals surface area contributed by atoms with Crippen molar-refractivity contribution in [3.8, 4) is 5.88 Å². The first-order valence-corrected chi connectivity index (χ1v) is 5.33. The highest BCUT2D eigenvalue weighted by molar-refractivity contribution is 7.14. The van der Waals surface area contributed by atoms with Gasteiger partial charge in [0, 0.05) is 5.38 Å². The molecule has 0 aromatic carbocycles. The van der Waals surface area contributed by atoms with E-state index in [9.17, 15) is 9.90 Å². The van der Waals surface area contributed by atoms with E-state index < -0.39 is 0 Å². The second kappa shape index (κ2) is 3.42. The lowest BCUT2D eigenvalue weighted by atomic mass is 10.4. The zero-order valence-electron chi connectivity index (χ0n) is 7.80. The van der Waals surface area contributed by atoms with E-state index in [1.807, 2.05) is 12.3 Å². The summed E-state index contributed by atoms with van der Waals surface area (Å²) in [6, 6.07) is 1.25. The monoisotopic (exact) mass is 211 g/mol. The molecule has 0 amide bonds. The molecule has 0 saturated heterocycles. The zero-order chi connectivity index (χ0) is 10.1. The van der Waals surface area contributed by atoms with Crippen LogP contribution >= 0.6 is 11.3 Å². The molecule has 2 heterocycles. The molecule has 0 aliphatic rings. The quantitative estimate of drug-likeness (QED) is 0.745. The molecule has 14 heavy (non-hydrogen) atoms. The topological polar surface area (TPSA) is 45.6 Å². The summed E-state index contributed by atoms with van der Waals surface area (Å²) in [4.78, 5) is 12.2. The summed E-state index contributed by atoms with van der Waals surface area (Å²) < 4.78 is 3.28. The first-order valence-electron chi connectivity index (χ1n) is 4.45. The number of nitrogens with zero attached hydrogens (tertiary/aromatic N) is 2. The van der Waals surface area contributed by atoms with Crippen molar-refractivity contribution in [2.24, 2.45) is 0 Å². The van der Waals surface area contributed by atoms with Gasteiger partial charge in [-0.2, -0.15) is 8.97 Å². The van der Waals surface area contributed by atoms with Crippen molar-refractivity contribution < 1.29 is 9.67 Å². The third-order valence-corrected chi connectivity index (χ3v) is 2.92. The number of fused-ring (bicyclic) bond motifs is 1. The average molecular weight is 211 g/mol. The van der Waals surface area contributed by atoms with E-state index in [1.165, 1.54) is 17.4 Å². The molecule has 0 saturated carbocycles. The molecule has 0 atom stereocenters. The highest BCUT2D eigenvalue weighted by Crippen LogP contribution is 2.08. The smallest absolute Gasteiger partial charge is 0.351 e. The Morgan fingerprint density at radius 2 is 2.43 bits per heavy atom. The SMILES string of the molecule is CCC[n+]1c(O)cc(=O)n2ccsc21. The number of aryl methyl sites for hydroxylation is 1. The van der Waals surface area contributed by atoms with Gasteiger partial charge in [0.05, 0.1) is 6.54 Å². The Morgan fingerprint density at radius 3 is 3.14 bits per heavy atom. The second-order valence-electron chi connectivity index (χ2n) is 3.05. The Hall–Kier alpha value is -1.36. The predicted octanol–water partition coefficient (Wildman–Crippen LogP) is 0.764. The van der Waals surface area contributed by atoms with E-state index in [0.29, 0.717) is 0 Å². The molecular formula is C9H11N2O2S+. The van der Waals surface area contributed by atoms with Crippen LogP contribution in [0.15, 0.2) is 22.4 Å². The second-order valence-corrected chi connectivity index (χ2v) is 3.92. The standard InChI is InChI=1S/C9H10N2O2S/c1-2-3-10-7(12)6-8(13)11-4-5-14-9(10)11/h4-6H,2-3H2,1H3/p+1. The predicted molar refractivity (Wildman–Crippen MR) is 53.7 cm³/mol.